The van der Waals surface area contributed by atoms with Gasteiger partial charge in [0.15, 0.2) is 0 Å². The molecule has 1 aromatic heterocycles. The van der Waals surface area contributed by atoms with Gasteiger partial charge >= 0.3 is 0 Å². The normalized spacial score (nSPS) is 18.1. The molecule has 0 saturated carbocycles. The van der Waals surface area contributed by atoms with E-state index in [0.29, 0.717) is 31.7 Å². The van der Waals surface area contributed by atoms with E-state index in [4.69, 9.17) is 10.2 Å². The van der Waals surface area contributed by atoms with E-state index in [0.717, 1.165) is 30.5 Å². The molecule has 0 bridgehead atoms. The first-order valence-corrected chi connectivity index (χ1v) is 11.3. The lowest BCUT2D eigenvalue weighted by Gasteiger charge is -2.35. The first kappa shape index (κ1) is 19.6. The highest BCUT2D eigenvalue weighted by Crippen LogP contribution is 2.23. The molecule has 29 heavy (non-hydrogen) atoms. The molecule has 1 aromatic carbocycles. The molecule has 2 fully saturated rings. The largest absolute Gasteiger partial charge is 0.354 e. The van der Waals surface area contributed by atoms with Crippen LogP contribution in [-0.2, 0) is 10.0 Å². The van der Waals surface area contributed by atoms with Crippen molar-refractivity contribution in [3.63, 3.8) is 0 Å². The van der Waals surface area contributed by atoms with Crippen LogP contribution in [0.3, 0.4) is 0 Å². The number of benzene rings is 1. The Morgan fingerprint density at radius 1 is 0.931 bits per heavy atom. The average Bonchev–Trinajstić information content (AvgIpc) is 3.28. The van der Waals surface area contributed by atoms with Crippen molar-refractivity contribution in [1.82, 2.24) is 14.3 Å². The number of hydrogen-bond donors (Lipinski definition) is 0. The number of nitriles is 1. The summed E-state index contributed by atoms with van der Waals surface area (Å²) in [4.78, 5) is 13.9. The molecule has 0 N–H and O–H groups in total. The van der Waals surface area contributed by atoms with Crippen LogP contribution in [0.1, 0.15) is 24.1 Å². The summed E-state index contributed by atoms with van der Waals surface area (Å²) in [6.45, 7) is 5.88. The monoisotopic (exact) mass is 412 g/mol. The molecule has 0 radical (unpaired) electrons. The van der Waals surface area contributed by atoms with Crippen molar-refractivity contribution in [1.29, 1.82) is 5.26 Å². The minimum Gasteiger partial charge on any atom is -0.354 e. The maximum Gasteiger partial charge on any atom is 0.243 e. The summed E-state index contributed by atoms with van der Waals surface area (Å²) in [5, 5.41) is 8.90. The highest BCUT2D eigenvalue weighted by atomic mass is 32.2. The van der Waals surface area contributed by atoms with E-state index in [1.54, 1.807) is 0 Å². The second-order valence-electron chi connectivity index (χ2n) is 7.39. The van der Waals surface area contributed by atoms with E-state index >= 15 is 0 Å². The van der Waals surface area contributed by atoms with Gasteiger partial charge in [0.25, 0.3) is 0 Å². The first-order chi connectivity index (χ1) is 14.0. The molecule has 2 saturated heterocycles. The Morgan fingerprint density at radius 3 is 2.21 bits per heavy atom. The minimum atomic E-state index is -3.57. The van der Waals surface area contributed by atoms with Crippen LogP contribution >= 0.6 is 0 Å². The third kappa shape index (κ3) is 4.04. The molecular formula is C20H24N6O2S. The van der Waals surface area contributed by atoms with E-state index in [-0.39, 0.29) is 4.90 Å². The SMILES string of the molecule is Cc1cc(N2CCN(S(=O)(=O)c3ccc(C#N)cc3)CC2)nc(N2CCCC2)n1. The molecule has 2 aromatic rings. The van der Waals surface area contributed by atoms with Crippen molar-refractivity contribution in [2.45, 2.75) is 24.7 Å². The second kappa shape index (κ2) is 7.97. The maximum atomic E-state index is 12.9. The fraction of sp³-hybridized carbons (Fsp3) is 0.450. The van der Waals surface area contributed by atoms with Gasteiger partial charge in [0.1, 0.15) is 5.82 Å². The van der Waals surface area contributed by atoms with E-state index in [1.807, 2.05) is 19.1 Å². The van der Waals surface area contributed by atoms with Crippen LogP contribution in [-0.4, -0.2) is 62.0 Å². The molecule has 0 spiro atoms. The van der Waals surface area contributed by atoms with Crippen LogP contribution in [0.2, 0.25) is 0 Å². The number of rotatable bonds is 4. The van der Waals surface area contributed by atoms with Crippen LogP contribution in [0.4, 0.5) is 11.8 Å². The molecule has 0 unspecified atom stereocenters. The van der Waals surface area contributed by atoms with Gasteiger partial charge in [-0.25, -0.2) is 13.4 Å². The summed E-state index contributed by atoms with van der Waals surface area (Å²) in [6, 6.07) is 10.0. The standard InChI is InChI=1S/C20H24N6O2S/c1-16-14-19(23-20(22-16)25-8-2-3-9-25)24-10-12-26(13-11-24)29(27,28)18-6-4-17(15-21)5-7-18/h4-7,14H,2-3,8-13H2,1H3. The Labute approximate surface area is 171 Å². The molecular weight excluding hydrogens is 388 g/mol. The number of nitrogens with zero attached hydrogens (tertiary/aromatic N) is 6. The van der Waals surface area contributed by atoms with Crippen LogP contribution in [0.15, 0.2) is 35.2 Å². The minimum absolute atomic E-state index is 0.221. The number of piperazine rings is 1. The van der Waals surface area contributed by atoms with E-state index in [2.05, 4.69) is 14.8 Å². The Morgan fingerprint density at radius 2 is 1.59 bits per heavy atom. The van der Waals surface area contributed by atoms with Gasteiger partial charge in [0.2, 0.25) is 16.0 Å². The van der Waals surface area contributed by atoms with Crippen LogP contribution in [0.25, 0.3) is 0 Å². The fourth-order valence-electron chi connectivity index (χ4n) is 3.77. The van der Waals surface area contributed by atoms with Crippen molar-refractivity contribution < 1.29 is 8.42 Å². The molecule has 8 nitrogen and oxygen atoms in total. The number of aromatic nitrogens is 2. The van der Waals surface area contributed by atoms with Crippen molar-refractivity contribution in [3.05, 3.63) is 41.6 Å². The summed E-state index contributed by atoms with van der Waals surface area (Å²) in [5.74, 6) is 1.62. The van der Waals surface area contributed by atoms with Crippen LogP contribution in [0, 0.1) is 18.3 Å². The van der Waals surface area contributed by atoms with Gasteiger partial charge in [-0.2, -0.15) is 14.6 Å². The molecule has 2 aliphatic rings. The van der Waals surface area contributed by atoms with Gasteiger partial charge in [0, 0.05) is 51.0 Å². The van der Waals surface area contributed by atoms with E-state index in [1.165, 1.54) is 41.4 Å². The lowest BCUT2D eigenvalue weighted by atomic mass is 10.2. The van der Waals surface area contributed by atoms with Gasteiger partial charge in [-0.3, -0.25) is 0 Å². The van der Waals surface area contributed by atoms with Gasteiger partial charge in [-0.05, 0) is 44.0 Å². The lowest BCUT2D eigenvalue weighted by molar-refractivity contribution is 0.383. The predicted molar refractivity (Wildman–Crippen MR) is 110 cm³/mol. The molecule has 0 aliphatic carbocycles. The fourth-order valence-corrected chi connectivity index (χ4v) is 5.19. The first-order valence-electron chi connectivity index (χ1n) is 9.83. The van der Waals surface area contributed by atoms with Gasteiger partial charge < -0.3 is 9.80 Å². The molecule has 152 valence electrons. The van der Waals surface area contributed by atoms with Crippen molar-refractivity contribution in [2.24, 2.45) is 0 Å². The zero-order valence-corrected chi connectivity index (χ0v) is 17.3. The third-order valence-electron chi connectivity index (χ3n) is 5.40. The summed E-state index contributed by atoms with van der Waals surface area (Å²) in [5.41, 5.74) is 1.37. The maximum absolute atomic E-state index is 12.9. The molecule has 4 rings (SSSR count). The summed E-state index contributed by atoms with van der Waals surface area (Å²) in [6.07, 6.45) is 2.33. The van der Waals surface area contributed by atoms with Gasteiger partial charge in [-0.15, -0.1) is 0 Å². The van der Waals surface area contributed by atoms with Crippen molar-refractivity contribution in [2.75, 3.05) is 49.1 Å². The number of anilines is 2. The molecule has 2 aliphatic heterocycles. The topological polar surface area (TPSA) is 93.4 Å². The average molecular weight is 413 g/mol. The van der Waals surface area contributed by atoms with Crippen molar-refractivity contribution >= 4 is 21.8 Å². The number of sulfonamides is 1. The van der Waals surface area contributed by atoms with Gasteiger partial charge in [0.05, 0.1) is 16.5 Å². The Kier molecular flexibility index (Phi) is 5.39. The Hall–Kier alpha value is -2.70. The Bertz CT molecular complexity index is 1020. The molecule has 9 heteroatoms. The van der Waals surface area contributed by atoms with E-state index < -0.39 is 10.0 Å². The zero-order chi connectivity index (χ0) is 20.4. The zero-order valence-electron chi connectivity index (χ0n) is 16.5. The lowest BCUT2D eigenvalue weighted by Crippen LogP contribution is -2.49. The third-order valence-corrected chi connectivity index (χ3v) is 7.31. The molecule has 3 heterocycles. The second-order valence-corrected chi connectivity index (χ2v) is 9.33. The number of aryl methyl sites for hydroxylation is 1. The summed E-state index contributed by atoms with van der Waals surface area (Å²) >= 11 is 0. The highest BCUT2D eigenvalue weighted by molar-refractivity contribution is 7.89. The van der Waals surface area contributed by atoms with E-state index in [9.17, 15) is 8.42 Å². The molecule has 0 amide bonds. The molecule has 0 atom stereocenters. The summed E-state index contributed by atoms with van der Waals surface area (Å²) in [7, 11) is -3.57. The Balaban J connectivity index is 1.47. The number of hydrogen-bond acceptors (Lipinski definition) is 7. The van der Waals surface area contributed by atoms with Crippen LogP contribution in [0.5, 0.6) is 0 Å². The van der Waals surface area contributed by atoms with Crippen molar-refractivity contribution in [3.8, 4) is 6.07 Å². The smallest absolute Gasteiger partial charge is 0.243 e. The van der Waals surface area contributed by atoms with Crippen LogP contribution < -0.4 is 9.80 Å². The summed E-state index contributed by atoms with van der Waals surface area (Å²) < 4.78 is 27.3. The highest BCUT2D eigenvalue weighted by Gasteiger charge is 2.29. The quantitative estimate of drug-likeness (QED) is 0.755. The van der Waals surface area contributed by atoms with Gasteiger partial charge in [-0.1, -0.05) is 0 Å². The predicted octanol–water partition coefficient (Wildman–Crippen LogP) is 1.77.